The number of aromatic amines is 1. The fraction of sp³-hybridized carbons (Fsp3) is 0.105. The molecule has 2 heterocycles. The Labute approximate surface area is 144 Å². The molecule has 0 radical (unpaired) electrons. The third-order valence-corrected chi connectivity index (χ3v) is 3.46. The van der Waals surface area contributed by atoms with Gasteiger partial charge >= 0.3 is 0 Å². The zero-order valence-electron chi connectivity index (χ0n) is 13.5. The van der Waals surface area contributed by atoms with Crippen LogP contribution in [0.2, 0.25) is 0 Å². The maximum absolute atomic E-state index is 12.0. The number of nitrogens with zero attached hydrogens (tertiary/aromatic N) is 1. The number of carbonyl (C=O) groups excluding carboxylic acids is 2. The number of H-pyrrole nitrogens is 1. The Bertz CT molecular complexity index is 942. The first-order valence-electron chi connectivity index (χ1n) is 7.61. The lowest BCUT2D eigenvalue weighted by molar-refractivity contribution is 0.0952. The molecular formula is C19H15N3O3. The topological polar surface area (TPSA) is 88.0 Å². The van der Waals surface area contributed by atoms with Gasteiger partial charge in [0.25, 0.3) is 5.91 Å². The van der Waals surface area contributed by atoms with Gasteiger partial charge in [0, 0.05) is 17.2 Å². The summed E-state index contributed by atoms with van der Waals surface area (Å²) in [5, 5.41) is 9.39. The highest BCUT2D eigenvalue weighted by Crippen LogP contribution is 2.17. The summed E-state index contributed by atoms with van der Waals surface area (Å²) in [5.74, 6) is 6.09. The minimum Gasteiger partial charge on any atom is -0.463 e. The highest BCUT2D eigenvalue weighted by atomic mass is 16.3. The Morgan fingerprint density at radius 2 is 2.04 bits per heavy atom. The molecule has 3 rings (SSSR count). The van der Waals surface area contributed by atoms with Crippen molar-refractivity contribution in [3.63, 3.8) is 0 Å². The Kier molecular flexibility index (Phi) is 4.77. The van der Waals surface area contributed by atoms with Crippen LogP contribution in [0.1, 0.15) is 33.3 Å². The SMILES string of the molecule is CC(=O)c1ccc(C#CCNC(=O)c2cc(-c3ccco3)[nH]n2)cc1. The van der Waals surface area contributed by atoms with Crippen LogP contribution in [0.3, 0.4) is 0 Å². The molecule has 0 aliphatic rings. The second kappa shape index (κ2) is 7.32. The average Bonchev–Trinajstić information content (AvgIpc) is 3.29. The lowest BCUT2D eigenvalue weighted by atomic mass is 10.1. The van der Waals surface area contributed by atoms with Crippen molar-refractivity contribution in [2.24, 2.45) is 0 Å². The first kappa shape index (κ1) is 16.3. The Hall–Kier alpha value is -3.59. The van der Waals surface area contributed by atoms with Crippen LogP contribution < -0.4 is 5.32 Å². The van der Waals surface area contributed by atoms with E-state index in [9.17, 15) is 9.59 Å². The maximum atomic E-state index is 12.0. The lowest BCUT2D eigenvalue weighted by Gasteiger charge is -1.96. The average molecular weight is 333 g/mol. The number of ketones is 1. The number of carbonyl (C=O) groups is 2. The summed E-state index contributed by atoms with van der Waals surface area (Å²) < 4.78 is 5.24. The lowest BCUT2D eigenvalue weighted by Crippen LogP contribution is -2.23. The summed E-state index contributed by atoms with van der Waals surface area (Å²) in [7, 11) is 0. The predicted octanol–water partition coefficient (Wildman–Crippen LogP) is 2.65. The van der Waals surface area contributed by atoms with Gasteiger partial charge < -0.3 is 9.73 Å². The highest BCUT2D eigenvalue weighted by molar-refractivity contribution is 5.94. The van der Waals surface area contributed by atoms with Gasteiger partial charge in [-0.1, -0.05) is 24.0 Å². The van der Waals surface area contributed by atoms with Crippen LogP contribution in [-0.4, -0.2) is 28.4 Å². The largest absolute Gasteiger partial charge is 0.463 e. The molecule has 3 aromatic rings. The summed E-state index contributed by atoms with van der Waals surface area (Å²) in [6.45, 7) is 1.71. The minimum absolute atomic E-state index is 0.0136. The van der Waals surface area contributed by atoms with Gasteiger partial charge in [0.05, 0.1) is 12.8 Å². The first-order chi connectivity index (χ1) is 12.1. The Balaban J connectivity index is 1.55. The molecule has 2 aromatic heterocycles. The molecule has 0 aliphatic carbocycles. The van der Waals surface area contributed by atoms with E-state index in [0.29, 0.717) is 17.0 Å². The second-order valence-electron chi connectivity index (χ2n) is 5.26. The molecule has 1 amide bonds. The third-order valence-electron chi connectivity index (χ3n) is 3.46. The van der Waals surface area contributed by atoms with Crippen molar-refractivity contribution >= 4 is 11.7 Å². The van der Waals surface area contributed by atoms with Crippen LogP contribution in [0, 0.1) is 11.8 Å². The van der Waals surface area contributed by atoms with Crippen LogP contribution in [-0.2, 0) is 0 Å². The standard InChI is InChI=1S/C19H15N3O3/c1-13(23)15-8-6-14(7-9-15)4-2-10-20-19(24)17-12-16(21-22-17)18-5-3-11-25-18/h3,5-9,11-12H,10H2,1H3,(H,20,24)(H,21,22). The van der Waals surface area contributed by atoms with Gasteiger partial charge in [0.2, 0.25) is 0 Å². The van der Waals surface area contributed by atoms with Gasteiger partial charge in [0.1, 0.15) is 5.69 Å². The smallest absolute Gasteiger partial charge is 0.272 e. The van der Waals surface area contributed by atoms with E-state index in [0.717, 1.165) is 5.56 Å². The normalized spacial score (nSPS) is 9.96. The van der Waals surface area contributed by atoms with E-state index in [1.807, 2.05) is 0 Å². The number of amides is 1. The molecule has 0 saturated heterocycles. The molecule has 0 bridgehead atoms. The van der Waals surface area contributed by atoms with E-state index in [1.54, 1.807) is 48.7 Å². The molecule has 0 atom stereocenters. The second-order valence-corrected chi connectivity index (χ2v) is 5.26. The molecular weight excluding hydrogens is 318 g/mol. The number of hydrogen-bond donors (Lipinski definition) is 2. The van der Waals surface area contributed by atoms with Gasteiger partial charge in [-0.3, -0.25) is 14.7 Å². The Morgan fingerprint density at radius 3 is 2.72 bits per heavy atom. The molecule has 0 spiro atoms. The summed E-state index contributed by atoms with van der Waals surface area (Å²) in [6.07, 6.45) is 1.55. The van der Waals surface area contributed by atoms with E-state index in [1.165, 1.54) is 6.92 Å². The quantitative estimate of drug-likeness (QED) is 0.567. The van der Waals surface area contributed by atoms with Gasteiger partial charge in [-0.25, -0.2) is 0 Å². The van der Waals surface area contributed by atoms with Crippen molar-refractivity contribution in [1.82, 2.24) is 15.5 Å². The van der Waals surface area contributed by atoms with Crippen LogP contribution in [0.15, 0.2) is 53.1 Å². The molecule has 2 N–H and O–H groups in total. The van der Waals surface area contributed by atoms with Crippen molar-refractivity contribution in [2.45, 2.75) is 6.92 Å². The van der Waals surface area contributed by atoms with Gasteiger partial charge in [-0.05, 0) is 31.2 Å². The number of hydrogen-bond acceptors (Lipinski definition) is 4. The van der Waals surface area contributed by atoms with Gasteiger partial charge in [-0.2, -0.15) is 5.10 Å². The van der Waals surface area contributed by atoms with Gasteiger partial charge in [-0.15, -0.1) is 0 Å². The zero-order valence-corrected chi connectivity index (χ0v) is 13.5. The molecule has 0 unspecified atom stereocenters. The van der Waals surface area contributed by atoms with Crippen LogP contribution >= 0.6 is 0 Å². The highest BCUT2D eigenvalue weighted by Gasteiger charge is 2.11. The number of benzene rings is 1. The molecule has 0 saturated carbocycles. The van der Waals surface area contributed by atoms with Crippen molar-refractivity contribution in [1.29, 1.82) is 0 Å². The summed E-state index contributed by atoms with van der Waals surface area (Å²) in [6, 6.07) is 12.1. The minimum atomic E-state index is -0.324. The van der Waals surface area contributed by atoms with E-state index in [2.05, 4.69) is 27.4 Å². The molecule has 6 nitrogen and oxygen atoms in total. The summed E-state index contributed by atoms with van der Waals surface area (Å²) in [4.78, 5) is 23.2. The van der Waals surface area contributed by atoms with Crippen molar-refractivity contribution in [2.75, 3.05) is 6.54 Å². The fourth-order valence-electron chi connectivity index (χ4n) is 2.15. The molecule has 6 heteroatoms. The number of Topliss-reactive ketones (excluding diaryl/α,β-unsaturated/α-hetero) is 1. The first-order valence-corrected chi connectivity index (χ1v) is 7.61. The monoisotopic (exact) mass is 333 g/mol. The zero-order chi connectivity index (χ0) is 17.6. The summed E-state index contributed by atoms with van der Waals surface area (Å²) >= 11 is 0. The number of furan rings is 1. The van der Waals surface area contributed by atoms with E-state index in [-0.39, 0.29) is 23.9 Å². The van der Waals surface area contributed by atoms with E-state index >= 15 is 0 Å². The van der Waals surface area contributed by atoms with E-state index < -0.39 is 0 Å². The van der Waals surface area contributed by atoms with E-state index in [4.69, 9.17) is 4.42 Å². The van der Waals surface area contributed by atoms with Crippen LogP contribution in [0.4, 0.5) is 0 Å². The molecule has 25 heavy (non-hydrogen) atoms. The van der Waals surface area contributed by atoms with Crippen LogP contribution in [0.25, 0.3) is 11.5 Å². The number of aromatic nitrogens is 2. The fourth-order valence-corrected chi connectivity index (χ4v) is 2.15. The number of rotatable bonds is 4. The Morgan fingerprint density at radius 1 is 1.24 bits per heavy atom. The molecule has 1 aromatic carbocycles. The molecule has 0 aliphatic heterocycles. The third kappa shape index (κ3) is 4.03. The molecule has 124 valence electrons. The molecule has 0 fully saturated rings. The maximum Gasteiger partial charge on any atom is 0.272 e. The number of nitrogens with one attached hydrogen (secondary N) is 2. The van der Waals surface area contributed by atoms with Crippen molar-refractivity contribution in [3.05, 3.63) is 65.5 Å². The predicted molar refractivity (Wildman–Crippen MR) is 91.9 cm³/mol. The summed E-state index contributed by atoms with van der Waals surface area (Å²) in [5.41, 5.74) is 2.31. The van der Waals surface area contributed by atoms with Gasteiger partial charge in [0.15, 0.2) is 17.2 Å². The van der Waals surface area contributed by atoms with Crippen molar-refractivity contribution in [3.8, 4) is 23.3 Å². The van der Waals surface area contributed by atoms with Crippen LogP contribution in [0.5, 0.6) is 0 Å². The van der Waals surface area contributed by atoms with Crippen molar-refractivity contribution < 1.29 is 14.0 Å².